The second-order valence-electron chi connectivity index (χ2n) is 9.27. The molecule has 188 valence electrons. The van der Waals surface area contributed by atoms with E-state index >= 15 is 0 Å². The van der Waals surface area contributed by atoms with Crippen LogP contribution in [0.5, 0.6) is 0 Å². The first-order valence-corrected chi connectivity index (χ1v) is 12.3. The largest absolute Gasteiger partial charge is 0.378 e. The third kappa shape index (κ3) is 4.97. The number of pyridine rings is 1. The zero-order chi connectivity index (χ0) is 25.2. The van der Waals surface area contributed by atoms with Gasteiger partial charge in [0.05, 0.1) is 30.8 Å². The summed E-state index contributed by atoms with van der Waals surface area (Å²) in [4.78, 5) is 21.6. The Morgan fingerprint density at radius 2 is 1.97 bits per heavy atom. The van der Waals surface area contributed by atoms with Crippen LogP contribution in [-0.2, 0) is 11.8 Å². The number of hydrogen-bond donors (Lipinski definition) is 1. The van der Waals surface area contributed by atoms with Crippen LogP contribution in [0, 0.1) is 12.7 Å². The van der Waals surface area contributed by atoms with Crippen molar-refractivity contribution < 1.29 is 13.9 Å². The van der Waals surface area contributed by atoms with Crippen LogP contribution in [0.25, 0.3) is 22.4 Å². The number of amides is 2. The van der Waals surface area contributed by atoms with Gasteiger partial charge < -0.3 is 19.9 Å². The molecule has 0 aliphatic carbocycles. The molecule has 0 radical (unpaired) electrons. The minimum atomic E-state index is -0.456. The number of carbonyl (C=O) groups is 1. The molecule has 5 rings (SSSR count). The maximum atomic E-state index is 15.0. The Bertz CT molecular complexity index is 1310. The lowest BCUT2D eigenvalue weighted by molar-refractivity contribution is 0.122. The number of halogens is 1. The fourth-order valence-electron chi connectivity index (χ4n) is 4.63. The first-order valence-electron chi connectivity index (χ1n) is 12.3. The van der Waals surface area contributed by atoms with Crippen LogP contribution in [0.4, 0.5) is 20.7 Å². The van der Waals surface area contributed by atoms with Crippen molar-refractivity contribution in [3.8, 4) is 22.4 Å². The molecular formula is C27H31FN6O2. The van der Waals surface area contributed by atoms with Crippen LogP contribution in [-0.4, -0.2) is 65.1 Å². The van der Waals surface area contributed by atoms with Crippen LogP contribution in [0.15, 0.2) is 48.3 Å². The number of urea groups is 1. The average Bonchev–Trinajstić information content (AvgIpc) is 3.55. The van der Waals surface area contributed by atoms with E-state index in [4.69, 9.17) is 9.72 Å². The number of aromatic nitrogens is 3. The van der Waals surface area contributed by atoms with Crippen molar-refractivity contribution in [2.24, 2.45) is 7.05 Å². The summed E-state index contributed by atoms with van der Waals surface area (Å²) in [6, 6.07) is 6.91. The van der Waals surface area contributed by atoms with E-state index in [0.29, 0.717) is 26.3 Å². The van der Waals surface area contributed by atoms with Gasteiger partial charge in [0.1, 0.15) is 11.6 Å². The SMILES string of the molecule is CCC1=CCN(C(=O)Nc2cc(-c3cc(-c4cnn(C)c4)nc(N4CCOCC4)c3)c(C)cc2F)C1. The van der Waals surface area contributed by atoms with Gasteiger partial charge in [-0.05, 0) is 54.3 Å². The minimum absolute atomic E-state index is 0.165. The van der Waals surface area contributed by atoms with Gasteiger partial charge in [-0.1, -0.05) is 18.6 Å². The van der Waals surface area contributed by atoms with Gasteiger partial charge in [0.15, 0.2) is 0 Å². The summed E-state index contributed by atoms with van der Waals surface area (Å²) in [7, 11) is 1.87. The van der Waals surface area contributed by atoms with Crippen molar-refractivity contribution in [2.75, 3.05) is 49.6 Å². The van der Waals surface area contributed by atoms with E-state index in [1.165, 1.54) is 11.6 Å². The number of aryl methyl sites for hydroxylation is 2. The molecule has 3 aromatic rings. The first-order chi connectivity index (χ1) is 17.4. The topological polar surface area (TPSA) is 75.5 Å². The molecule has 1 fully saturated rings. The van der Waals surface area contributed by atoms with E-state index in [1.54, 1.807) is 21.8 Å². The summed E-state index contributed by atoms with van der Waals surface area (Å²) in [6.07, 6.45) is 6.67. The van der Waals surface area contributed by atoms with Crippen molar-refractivity contribution in [1.82, 2.24) is 19.7 Å². The molecule has 0 saturated carbocycles. The number of benzene rings is 1. The second kappa shape index (κ2) is 10.1. The summed E-state index contributed by atoms with van der Waals surface area (Å²) in [5, 5.41) is 7.08. The highest BCUT2D eigenvalue weighted by molar-refractivity contribution is 5.91. The zero-order valence-corrected chi connectivity index (χ0v) is 20.9. The summed E-state index contributed by atoms with van der Waals surface area (Å²) in [5.41, 5.74) is 5.57. The average molecular weight is 491 g/mol. The maximum Gasteiger partial charge on any atom is 0.322 e. The Labute approximate surface area is 210 Å². The van der Waals surface area contributed by atoms with Gasteiger partial charge in [-0.25, -0.2) is 14.2 Å². The number of anilines is 2. The normalized spacial score (nSPS) is 15.8. The van der Waals surface area contributed by atoms with Crippen LogP contribution in [0.2, 0.25) is 0 Å². The third-order valence-corrected chi connectivity index (χ3v) is 6.75. The van der Waals surface area contributed by atoms with Crippen molar-refractivity contribution in [2.45, 2.75) is 20.3 Å². The lowest BCUT2D eigenvalue weighted by Gasteiger charge is -2.28. The van der Waals surface area contributed by atoms with E-state index in [-0.39, 0.29) is 11.7 Å². The Morgan fingerprint density at radius 1 is 1.17 bits per heavy atom. The minimum Gasteiger partial charge on any atom is -0.378 e. The molecule has 9 heteroatoms. The molecule has 0 spiro atoms. The van der Waals surface area contributed by atoms with Crippen LogP contribution in [0.3, 0.4) is 0 Å². The molecule has 4 heterocycles. The van der Waals surface area contributed by atoms with Crippen molar-refractivity contribution >= 4 is 17.5 Å². The number of carbonyl (C=O) groups excluding carboxylic acids is 1. The number of nitrogens with one attached hydrogen (secondary N) is 1. The molecule has 2 amide bonds. The molecule has 2 aliphatic rings. The lowest BCUT2D eigenvalue weighted by Crippen LogP contribution is -2.36. The molecular weight excluding hydrogens is 459 g/mol. The third-order valence-electron chi connectivity index (χ3n) is 6.75. The zero-order valence-electron chi connectivity index (χ0n) is 20.9. The smallest absolute Gasteiger partial charge is 0.322 e. The molecule has 2 aromatic heterocycles. The second-order valence-corrected chi connectivity index (χ2v) is 9.27. The summed E-state index contributed by atoms with van der Waals surface area (Å²) in [6.45, 7) is 7.84. The van der Waals surface area contributed by atoms with Crippen LogP contribution < -0.4 is 10.2 Å². The molecule has 0 bridgehead atoms. The highest BCUT2D eigenvalue weighted by Crippen LogP contribution is 2.34. The fraction of sp³-hybridized carbons (Fsp3) is 0.370. The highest BCUT2D eigenvalue weighted by atomic mass is 19.1. The Hall–Kier alpha value is -3.72. The van der Waals surface area contributed by atoms with E-state index < -0.39 is 5.82 Å². The quantitative estimate of drug-likeness (QED) is 0.529. The predicted molar refractivity (Wildman–Crippen MR) is 139 cm³/mol. The van der Waals surface area contributed by atoms with Gasteiger partial charge in [-0.2, -0.15) is 5.10 Å². The van der Waals surface area contributed by atoms with Crippen LogP contribution >= 0.6 is 0 Å². The van der Waals surface area contributed by atoms with Gasteiger partial charge in [0.25, 0.3) is 0 Å². The lowest BCUT2D eigenvalue weighted by atomic mass is 9.98. The van der Waals surface area contributed by atoms with Crippen molar-refractivity contribution in [3.05, 3.63) is 59.7 Å². The van der Waals surface area contributed by atoms with Crippen molar-refractivity contribution in [1.29, 1.82) is 0 Å². The van der Waals surface area contributed by atoms with Gasteiger partial charge in [0, 0.05) is 45.0 Å². The van der Waals surface area contributed by atoms with Gasteiger partial charge >= 0.3 is 6.03 Å². The monoisotopic (exact) mass is 490 g/mol. The standard InChI is InChI=1S/C27H31FN6O2/c1-4-19-5-6-34(16-19)27(35)31-25-14-22(18(2)11-23(25)28)20-12-24(21-15-29-32(3)17-21)30-26(13-20)33-7-9-36-10-8-33/h5,11-15,17H,4,6-10,16H2,1-3H3,(H,31,35). The number of nitrogens with zero attached hydrogens (tertiary/aromatic N) is 5. The molecule has 36 heavy (non-hydrogen) atoms. The molecule has 1 N–H and O–H groups in total. The summed E-state index contributed by atoms with van der Waals surface area (Å²) < 4.78 is 22.2. The van der Waals surface area contributed by atoms with E-state index in [0.717, 1.165) is 53.3 Å². The Balaban J connectivity index is 1.51. The van der Waals surface area contributed by atoms with E-state index in [9.17, 15) is 9.18 Å². The number of morpholine rings is 1. The summed E-state index contributed by atoms with van der Waals surface area (Å²) in [5.74, 6) is 0.376. The molecule has 8 nitrogen and oxygen atoms in total. The molecule has 0 unspecified atom stereocenters. The van der Waals surface area contributed by atoms with Crippen LogP contribution in [0.1, 0.15) is 18.9 Å². The molecule has 1 saturated heterocycles. The predicted octanol–water partition coefficient (Wildman–Crippen LogP) is 4.62. The number of rotatable bonds is 5. The molecule has 0 atom stereocenters. The Morgan fingerprint density at radius 3 is 2.67 bits per heavy atom. The number of hydrogen-bond acceptors (Lipinski definition) is 5. The van der Waals surface area contributed by atoms with Crippen molar-refractivity contribution in [3.63, 3.8) is 0 Å². The summed E-state index contributed by atoms with van der Waals surface area (Å²) >= 11 is 0. The van der Waals surface area contributed by atoms with E-state index in [2.05, 4.69) is 28.3 Å². The highest BCUT2D eigenvalue weighted by Gasteiger charge is 2.21. The molecule has 1 aromatic carbocycles. The Kier molecular flexibility index (Phi) is 6.73. The molecule has 2 aliphatic heterocycles. The maximum absolute atomic E-state index is 15.0. The first kappa shape index (κ1) is 24.0. The number of ether oxygens (including phenoxy) is 1. The van der Waals surface area contributed by atoms with E-state index in [1.807, 2.05) is 32.3 Å². The van der Waals surface area contributed by atoms with Gasteiger partial charge in [0.2, 0.25) is 0 Å². The van der Waals surface area contributed by atoms with Gasteiger partial charge in [-0.3, -0.25) is 4.68 Å². The fourth-order valence-corrected chi connectivity index (χ4v) is 4.63. The van der Waals surface area contributed by atoms with Gasteiger partial charge in [-0.15, -0.1) is 0 Å².